The van der Waals surface area contributed by atoms with Gasteiger partial charge >= 0.3 is 5.97 Å². The Morgan fingerprint density at radius 1 is 0.857 bits per heavy atom. The largest absolute Gasteiger partial charge is 0.420 e. The monoisotopic (exact) mass is 308 g/mol. The number of carbonyl (C=O) groups excluding carboxylic acids is 2. The molecular weight excluding hydrogens is 299 g/mol. The molecule has 1 aromatic rings. The van der Waals surface area contributed by atoms with Crippen molar-refractivity contribution in [1.82, 2.24) is 0 Å². The molecule has 1 aromatic carbocycles. The molecule has 8 heteroatoms. The Morgan fingerprint density at radius 2 is 1.29 bits per heavy atom. The molecule has 0 radical (unpaired) electrons. The van der Waals surface area contributed by atoms with E-state index in [9.17, 15) is 31.5 Å². The molecule has 1 saturated carbocycles. The highest BCUT2D eigenvalue weighted by atomic mass is 19.2. The SMILES string of the molecule is CC(=O)C1CC(C(=O)Oc2c(F)c(F)c(F)c(F)c2F)C1. The van der Waals surface area contributed by atoms with E-state index in [2.05, 4.69) is 4.74 Å². The van der Waals surface area contributed by atoms with Gasteiger partial charge in [-0.3, -0.25) is 9.59 Å². The molecule has 0 aliphatic heterocycles. The van der Waals surface area contributed by atoms with Crippen LogP contribution in [0.4, 0.5) is 22.0 Å². The minimum Gasteiger partial charge on any atom is -0.420 e. The Balaban J connectivity index is 2.18. The fourth-order valence-corrected chi connectivity index (χ4v) is 2.00. The van der Waals surface area contributed by atoms with Gasteiger partial charge in [0.1, 0.15) is 5.78 Å². The van der Waals surface area contributed by atoms with E-state index in [1.165, 1.54) is 6.92 Å². The number of halogens is 5. The van der Waals surface area contributed by atoms with E-state index in [4.69, 9.17) is 0 Å². The Kier molecular flexibility index (Phi) is 3.97. The van der Waals surface area contributed by atoms with Gasteiger partial charge in [-0.05, 0) is 19.8 Å². The third kappa shape index (κ3) is 2.62. The quantitative estimate of drug-likeness (QED) is 0.283. The van der Waals surface area contributed by atoms with Gasteiger partial charge in [-0.25, -0.2) is 13.2 Å². The van der Waals surface area contributed by atoms with Gasteiger partial charge < -0.3 is 4.74 Å². The topological polar surface area (TPSA) is 43.4 Å². The third-order valence-corrected chi connectivity index (χ3v) is 3.42. The number of ketones is 1. The first-order valence-electron chi connectivity index (χ1n) is 5.97. The van der Waals surface area contributed by atoms with E-state index < -0.39 is 46.7 Å². The number of Topliss-reactive ketones (excluding diaryl/α,β-unsaturated/α-hetero) is 1. The van der Waals surface area contributed by atoms with E-state index in [0.29, 0.717) is 0 Å². The first kappa shape index (κ1) is 15.4. The predicted molar refractivity (Wildman–Crippen MR) is 58.8 cm³/mol. The zero-order valence-electron chi connectivity index (χ0n) is 10.7. The van der Waals surface area contributed by atoms with Crippen molar-refractivity contribution in [2.45, 2.75) is 19.8 Å². The molecule has 0 N–H and O–H groups in total. The van der Waals surface area contributed by atoms with Crippen LogP contribution in [0.25, 0.3) is 0 Å². The van der Waals surface area contributed by atoms with Gasteiger partial charge in [0.05, 0.1) is 5.92 Å². The second-order valence-corrected chi connectivity index (χ2v) is 4.80. The van der Waals surface area contributed by atoms with E-state index in [1.54, 1.807) is 0 Å². The Morgan fingerprint density at radius 3 is 1.71 bits per heavy atom. The second-order valence-electron chi connectivity index (χ2n) is 4.80. The molecule has 0 amide bonds. The van der Waals surface area contributed by atoms with Crippen molar-refractivity contribution in [3.63, 3.8) is 0 Å². The molecule has 1 fully saturated rings. The van der Waals surface area contributed by atoms with Crippen LogP contribution in [0.15, 0.2) is 0 Å². The minimum absolute atomic E-state index is 0.129. The van der Waals surface area contributed by atoms with Gasteiger partial charge in [-0.15, -0.1) is 0 Å². The average Bonchev–Trinajstić information content (AvgIpc) is 2.37. The molecule has 0 saturated heterocycles. The van der Waals surface area contributed by atoms with E-state index >= 15 is 0 Å². The molecule has 0 spiro atoms. The van der Waals surface area contributed by atoms with Crippen molar-refractivity contribution in [3.8, 4) is 5.75 Å². The van der Waals surface area contributed by atoms with Crippen molar-refractivity contribution in [1.29, 1.82) is 0 Å². The minimum atomic E-state index is -2.33. The van der Waals surface area contributed by atoms with E-state index in [1.807, 2.05) is 0 Å². The Bertz CT molecular complexity index is 594. The maximum absolute atomic E-state index is 13.3. The van der Waals surface area contributed by atoms with Gasteiger partial charge in [0, 0.05) is 5.92 Å². The molecule has 114 valence electrons. The summed E-state index contributed by atoms with van der Waals surface area (Å²) in [7, 11) is 0. The molecule has 1 aliphatic rings. The van der Waals surface area contributed by atoms with E-state index in [0.717, 1.165) is 0 Å². The van der Waals surface area contributed by atoms with Crippen molar-refractivity contribution in [3.05, 3.63) is 29.1 Å². The third-order valence-electron chi connectivity index (χ3n) is 3.42. The van der Waals surface area contributed by atoms with Crippen molar-refractivity contribution in [2.75, 3.05) is 0 Å². The lowest BCUT2D eigenvalue weighted by atomic mass is 9.73. The van der Waals surface area contributed by atoms with Gasteiger partial charge in [0.15, 0.2) is 0 Å². The zero-order chi connectivity index (χ0) is 15.9. The Labute approximate surface area is 115 Å². The van der Waals surface area contributed by atoms with Crippen LogP contribution >= 0.6 is 0 Å². The van der Waals surface area contributed by atoms with Crippen LogP contribution in [0.2, 0.25) is 0 Å². The normalized spacial score (nSPS) is 20.9. The molecule has 0 unspecified atom stereocenters. The highest BCUT2D eigenvalue weighted by Gasteiger charge is 2.39. The lowest BCUT2D eigenvalue weighted by Crippen LogP contribution is -2.36. The maximum atomic E-state index is 13.3. The number of ether oxygens (including phenoxy) is 1. The fourth-order valence-electron chi connectivity index (χ4n) is 2.00. The van der Waals surface area contributed by atoms with Crippen LogP contribution < -0.4 is 4.74 Å². The van der Waals surface area contributed by atoms with Crippen LogP contribution in [0.1, 0.15) is 19.8 Å². The number of carbonyl (C=O) groups is 2. The molecule has 0 bridgehead atoms. The van der Waals surface area contributed by atoms with Crippen LogP contribution in [0.5, 0.6) is 5.75 Å². The smallest absolute Gasteiger partial charge is 0.314 e. The molecule has 2 rings (SSSR count). The molecule has 21 heavy (non-hydrogen) atoms. The summed E-state index contributed by atoms with van der Waals surface area (Å²) in [6, 6.07) is 0. The Hall–Kier alpha value is -1.99. The van der Waals surface area contributed by atoms with Crippen LogP contribution in [0, 0.1) is 40.9 Å². The number of hydrogen-bond acceptors (Lipinski definition) is 3. The van der Waals surface area contributed by atoms with Crippen molar-refractivity contribution >= 4 is 11.8 Å². The van der Waals surface area contributed by atoms with Crippen LogP contribution in [0.3, 0.4) is 0 Å². The summed E-state index contributed by atoms with van der Waals surface area (Å²) in [5.41, 5.74) is 0. The molecule has 0 atom stereocenters. The van der Waals surface area contributed by atoms with Crippen molar-refractivity contribution in [2.24, 2.45) is 11.8 Å². The first-order valence-corrected chi connectivity index (χ1v) is 5.97. The van der Waals surface area contributed by atoms with Crippen LogP contribution in [-0.4, -0.2) is 11.8 Å². The van der Waals surface area contributed by atoms with Gasteiger partial charge in [0.25, 0.3) is 0 Å². The number of benzene rings is 1. The summed E-state index contributed by atoms with van der Waals surface area (Å²) in [6.07, 6.45) is 0.257. The van der Waals surface area contributed by atoms with Gasteiger partial charge in [-0.1, -0.05) is 0 Å². The van der Waals surface area contributed by atoms with Crippen LogP contribution in [-0.2, 0) is 9.59 Å². The maximum Gasteiger partial charge on any atom is 0.314 e. The van der Waals surface area contributed by atoms with Gasteiger partial charge in [-0.2, -0.15) is 8.78 Å². The summed E-state index contributed by atoms with van der Waals surface area (Å²) < 4.78 is 69.5. The highest BCUT2D eigenvalue weighted by Crippen LogP contribution is 2.37. The molecular formula is C13H9F5O3. The summed E-state index contributed by atoms with van der Waals surface area (Å²) >= 11 is 0. The summed E-state index contributed by atoms with van der Waals surface area (Å²) in [5, 5.41) is 0. The lowest BCUT2D eigenvalue weighted by Gasteiger charge is -2.31. The molecule has 1 aliphatic carbocycles. The van der Waals surface area contributed by atoms with E-state index in [-0.39, 0.29) is 24.5 Å². The lowest BCUT2D eigenvalue weighted by molar-refractivity contribution is -0.145. The summed E-state index contributed by atoms with van der Waals surface area (Å²) in [6.45, 7) is 1.33. The molecule has 0 aromatic heterocycles. The summed E-state index contributed by atoms with van der Waals surface area (Å²) in [5.74, 6) is -15.2. The predicted octanol–water partition coefficient (Wildman–Crippen LogP) is 2.90. The molecule has 3 nitrogen and oxygen atoms in total. The number of esters is 1. The second kappa shape index (κ2) is 5.42. The standard InChI is InChI=1S/C13H9F5O3/c1-4(19)5-2-6(3-5)13(20)21-12-10(17)8(15)7(14)9(16)11(12)18/h5-6H,2-3H2,1H3. The molecule has 0 heterocycles. The fraction of sp³-hybridized carbons (Fsp3) is 0.385. The first-order chi connectivity index (χ1) is 9.73. The zero-order valence-corrected chi connectivity index (χ0v) is 10.7. The van der Waals surface area contributed by atoms with Crippen molar-refractivity contribution < 1.29 is 36.3 Å². The number of rotatable bonds is 3. The summed E-state index contributed by atoms with van der Waals surface area (Å²) in [4.78, 5) is 22.5. The average molecular weight is 308 g/mol. The highest BCUT2D eigenvalue weighted by molar-refractivity contribution is 5.84. The number of hydrogen-bond donors (Lipinski definition) is 0. The van der Waals surface area contributed by atoms with Gasteiger partial charge in [0.2, 0.25) is 34.8 Å².